The number of piperidine rings is 1. The second-order valence-electron chi connectivity index (χ2n) is 8.50. The van der Waals surface area contributed by atoms with Crippen LogP contribution in [-0.4, -0.2) is 79.7 Å². The van der Waals surface area contributed by atoms with Gasteiger partial charge >= 0.3 is 0 Å². The van der Waals surface area contributed by atoms with Crippen molar-refractivity contribution >= 4 is 67.6 Å². The van der Waals surface area contributed by atoms with E-state index in [0.717, 1.165) is 54.4 Å². The zero-order chi connectivity index (χ0) is 23.1. The number of carbonyl (C=O) groups excluding carboxylic acids is 1. The fourth-order valence-electron chi connectivity index (χ4n) is 4.03. The van der Waals surface area contributed by atoms with Crippen molar-refractivity contribution in [2.24, 2.45) is 5.92 Å². The Kier molecular flexibility index (Phi) is 8.96. The smallest absolute Gasteiger partial charge is 0.254 e. The number of benzene rings is 2. The van der Waals surface area contributed by atoms with Gasteiger partial charge < -0.3 is 9.88 Å². The number of H-pyrrole nitrogens is 1. The molecule has 0 saturated carbocycles. The van der Waals surface area contributed by atoms with E-state index in [9.17, 15) is 4.79 Å². The number of carbonyl (C=O) groups is 1. The summed E-state index contributed by atoms with van der Waals surface area (Å²) in [6, 6.07) is 16.8. The predicted molar refractivity (Wildman–Crippen MR) is 142 cm³/mol. The van der Waals surface area contributed by atoms with Gasteiger partial charge in [-0.25, -0.2) is 0 Å². The molecule has 0 spiro atoms. The number of hydrogen-bond donors (Lipinski definition) is 1. The molecule has 149 valence electrons. The molecule has 1 fully saturated rings. The van der Waals surface area contributed by atoms with Crippen molar-refractivity contribution < 1.29 is 4.79 Å². The first kappa shape index (κ1) is 24.5. The number of aromatic amines is 1. The van der Waals surface area contributed by atoms with Gasteiger partial charge in [0.05, 0.1) is 0 Å². The van der Waals surface area contributed by atoms with E-state index in [2.05, 4.69) is 41.4 Å². The second kappa shape index (κ2) is 11.7. The van der Waals surface area contributed by atoms with Gasteiger partial charge in [-0.2, -0.15) is 0 Å². The van der Waals surface area contributed by atoms with Crippen LogP contribution in [-0.2, 0) is 6.42 Å². The van der Waals surface area contributed by atoms with Crippen LogP contribution in [0.25, 0.3) is 10.9 Å². The molecule has 2 aromatic carbocycles. The largest absolute Gasteiger partial charge is 0.361 e. The number of aromatic nitrogens is 1. The van der Waals surface area contributed by atoms with Crippen LogP contribution in [0, 0.1) is 12.8 Å². The van der Waals surface area contributed by atoms with Crippen LogP contribution < -0.4 is 0 Å². The van der Waals surface area contributed by atoms with Crippen molar-refractivity contribution in [1.29, 1.82) is 0 Å². The van der Waals surface area contributed by atoms with Gasteiger partial charge in [0.1, 0.15) is 0 Å². The van der Waals surface area contributed by atoms with Crippen LogP contribution in [0.15, 0.2) is 54.7 Å². The molecule has 32 heavy (non-hydrogen) atoms. The van der Waals surface area contributed by atoms with Crippen molar-refractivity contribution in [3.8, 4) is 0 Å². The third-order valence-corrected chi connectivity index (χ3v) is 6.06. The van der Waals surface area contributed by atoms with E-state index < -0.39 is 6.39 Å². The Labute approximate surface area is 198 Å². The van der Waals surface area contributed by atoms with Crippen molar-refractivity contribution in [3.63, 3.8) is 0 Å². The summed E-state index contributed by atoms with van der Waals surface area (Å²) in [4.78, 5) is 18.2. The summed E-state index contributed by atoms with van der Waals surface area (Å²) < 4.78 is 0. The summed E-state index contributed by atoms with van der Waals surface area (Å²) in [5.41, 5.74) is 4.39. The molecule has 1 aliphatic heterocycles. The van der Waals surface area contributed by atoms with E-state index in [4.69, 9.17) is 30.9 Å². The minimum atomic E-state index is -0.537. The van der Waals surface area contributed by atoms with Gasteiger partial charge in [0.2, 0.25) is 0 Å². The second-order valence-corrected chi connectivity index (χ2v) is 8.50. The predicted octanol–water partition coefficient (Wildman–Crippen LogP) is 1.91. The van der Waals surface area contributed by atoms with Crippen molar-refractivity contribution in [1.82, 2.24) is 9.88 Å². The number of nitrogens with one attached hydrogen (secondary N) is 1. The highest BCUT2D eigenvalue weighted by molar-refractivity contribution is 7.81. The summed E-state index contributed by atoms with van der Waals surface area (Å²) >= 11 is 0. The number of nitrogens with zero attached hydrogens (tertiary/aromatic N) is 1. The maximum atomic E-state index is 13.0. The van der Waals surface area contributed by atoms with Gasteiger partial charge in [0.25, 0.3) is 5.91 Å². The topological polar surface area (TPSA) is 36.1 Å². The van der Waals surface area contributed by atoms with Crippen LogP contribution in [0.5, 0.6) is 0 Å². The summed E-state index contributed by atoms with van der Waals surface area (Å²) in [7, 11) is 21.6. The average Bonchev–Trinajstić information content (AvgIpc) is 3.26. The number of hydrogen-bond acceptors (Lipinski definition) is 1. The van der Waals surface area contributed by atoms with Crippen molar-refractivity contribution in [2.75, 3.05) is 13.1 Å². The highest BCUT2D eigenvalue weighted by atomic mass is 16.2. The molecule has 0 unspecified atom stereocenters. The minimum absolute atomic E-state index is 0.179. The molecule has 1 saturated heterocycles. The lowest BCUT2D eigenvalue weighted by Gasteiger charge is -2.32. The van der Waals surface area contributed by atoms with Gasteiger partial charge in [0, 0.05) is 86.5 Å². The fourth-order valence-corrected chi connectivity index (χ4v) is 4.03. The van der Waals surface area contributed by atoms with E-state index in [1.54, 1.807) is 0 Å². The van der Waals surface area contributed by atoms with E-state index in [1.807, 2.05) is 30.2 Å². The standard InChI is InChI=1S/C22H24N2O.B7/c1-16-13-21-19(7-10-23-21)15-20(16)22(25)24-11-8-18(9-12-24)14-17-5-3-2-4-6-17;1-5-7(4)6(2)3/h2-7,10,13,15,18,23H,8-9,11-12,14H2,1H3;. The van der Waals surface area contributed by atoms with Crippen LogP contribution >= 0.6 is 0 Å². The number of rotatable bonds is 5. The molecule has 1 N–H and O–H groups in total. The molecule has 1 aromatic heterocycles. The number of aryl methyl sites for hydroxylation is 1. The zero-order valence-corrected chi connectivity index (χ0v) is 18.7. The third-order valence-electron chi connectivity index (χ3n) is 6.06. The molecular formula is C22H24B7N2O. The molecule has 1 aliphatic rings. The Morgan fingerprint density at radius 1 is 1.12 bits per heavy atom. The molecule has 0 aliphatic carbocycles. The SMILES string of the molecule is Cc1cc2[nH]ccc2cc1C(=O)N1CCC(Cc2ccccc2)CC1.[B][B]B([B])B([B])[B]. The Morgan fingerprint density at radius 3 is 2.41 bits per heavy atom. The summed E-state index contributed by atoms with van der Waals surface area (Å²) in [6.07, 6.45) is 4.30. The van der Waals surface area contributed by atoms with Crippen molar-refractivity contribution in [2.45, 2.75) is 26.2 Å². The summed E-state index contributed by atoms with van der Waals surface area (Å²) in [6.45, 7) is 3.75. The van der Waals surface area contributed by atoms with Gasteiger partial charge in [-0.05, 0) is 61.4 Å². The molecule has 3 aromatic rings. The first-order valence-electron chi connectivity index (χ1n) is 11.1. The first-order valence-corrected chi connectivity index (χ1v) is 11.1. The Bertz CT molecular complexity index is 1000. The van der Waals surface area contributed by atoms with Crippen LogP contribution in [0.2, 0.25) is 0 Å². The quantitative estimate of drug-likeness (QED) is 0.644. The van der Waals surface area contributed by atoms with Gasteiger partial charge in [-0.15, -0.1) is 0 Å². The molecular weight excluding hydrogens is 384 g/mol. The Morgan fingerprint density at radius 2 is 1.81 bits per heavy atom. The number of fused-ring (bicyclic) bond motifs is 1. The normalized spacial score (nSPS) is 13.8. The lowest BCUT2D eigenvalue weighted by Crippen LogP contribution is -2.43. The molecule has 2 heterocycles. The zero-order valence-electron chi connectivity index (χ0n) is 18.7. The molecule has 10 heteroatoms. The van der Waals surface area contributed by atoms with E-state index >= 15 is 0 Å². The fraction of sp³-hybridized carbons (Fsp3) is 0.318. The van der Waals surface area contributed by atoms with Gasteiger partial charge in [-0.3, -0.25) is 4.79 Å². The highest BCUT2D eigenvalue weighted by Gasteiger charge is 2.25. The molecule has 0 bridgehead atoms. The number of likely N-dealkylation sites (tertiary alicyclic amines) is 1. The van der Waals surface area contributed by atoms with Crippen LogP contribution in [0.4, 0.5) is 0 Å². The summed E-state index contributed by atoms with van der Waals surface area (Å²) in [5.74, 6) is 0.860. The number of amides is 1. The lowest BCUT2D eigenvalue weighted by molar-refractivity contribution is 0.0690. The third kappa shape index (κ3) is 6.46. The molecule has 4 rings (SSSR count). The summed E-state index contributed by atoms with van der Waals surface area (Å²) in [5, 5.41) is 1.10. The van der Waals surface area contributed by atoms with E-state index in [-0.39, 0.29) is 12.3 Å². The van der Waals surface area contributed by atoms with Crippen molar-refractivity contribution in [3.05, 3.63) is 71.4 Å². The average molecular weight is 408 g/mol. The van der Waals surface area contributed by atoms with E-state index in [0.29, 0.717) is 5.92 Å². The maximum absolute atomic E-state index is 13.0. The molecule has 3 nitrogen and oxygen atoms in total. The maximum Gasteiger partial charge on any atom is 0.254 e. The molecule has 0 atom stereocenters. The Balaban J connectivity index is 0.000000360. The lowest BCUT2D eigenvalue weighted by atomic mass is 8.76. The monoisotopic (exact) mass is 409 g/mol. The van der Waals surface area contributed by atoms with E-state index in [1.165, 1.54) is 12.6 Å². The minimum Gasteiger partial charge on any atom is -0.361 e. The van der Waals surface area contributed by atoms with Gasteiger partial charge in [0.15, 0.2) is 0 Å². The molecule has 9 radical (unpaired) electrons. The Hall–Kier alpha value is -2.10. The molecule has 1 amide bonds. The van der Waals surface area contributed by atoms with Crippen LogP contribution in [0.3, 0.4) is 0 Å². The highest BCUT2D eigenvalue weighted by Crippen LogP contribution is 2.25. The van der Waals surface area contributed by atoms with Gasteiger partial charge in [-0.1, -0.05) is 30.3 Å². The van der Waals surface area contributed by atoms with Crippen LogP contribution in [0.1, 0.15) is 34.3 Å². The first-order chi connectivity index (χ1) is 15.4.